The zero-order valence-electron chi connectivity index (χ0n) is 11.5. The van der Waals surface area contributed by atoms with Crippen LogP contribution in [-0.2, 0) is 6.42 Å². The van der Waals surface area contributed by atoms with E-state index in [1.54, 1.807) is 6.07 Å². The van der Waals surface area contributed by atoms with Crippen molar-refractivity contribution in [2.75, 3.05) is 17.6 Å². The SMILES string of the molecule is Cc1ccc(N)c(NC(=O)NCCc2ccccc2)c1. The van der Waals surface area contributed by atoms with E-state index in [1.165, 1.54) is 5.56 Å². The van der Waals surface area contributed by atoms with Crippen molar-refractivity contribution in [1.29, 1.82) is 0 Å². The summed E-state index contributed by atoms with van der Waals surface area (Å²) >= 11 is 0. The van der Waals surface area contributed by atoms with Crippen molar-refractivity contribution in [3.63, 3.8) is 0 Å². The Hall–Kier alpha value is -2.49. The lowest BCUT2D eigenvalue weighted by Crippen LogP contribution is -2.30. The van der Waals surface area contributed by atoms with Crippen LogP contribution in [0.5, 0.6) is 0 Å². The summed E-state index contributed by atoms with van der Waals surface area (Å²) < 4.78 is 0. The maximum absolute atomic E-state index is 11.8. The maximum Gasteiger partial charge on any atom is 0.319 e. The zero-order valence-corrected chi connectivity index (χ0v) is 11.5. The van der Waals surface area contributed by atoms with Crippen LogP contribution >= 0.6 is 0 Å². The first-order valence-electron chi connectivity index (χ1n) is 6.60. The van der Waals surface area contributed by atoms with Gasteiger partial charge in [-0.25, -0.2) is 4.79 Å². The van der Waals surface area contributed by atoms with Crippen molar-refractivity contribution in [2.24, 2.45) is 0 Å². The van der Waals surface area contributed by atoms with Crippen LogP contribution in [0, 0.1) is 6.92 Å². The molecule has 0 radical (unpaired) electrons. The van der Waals surface area contributed by atoms with Crippen molar-refractivity contribution < 1.29 is 4.79 Å². The predicted molar refractivity (Wildman–Crippen MR) is 82.8 cm³/mol. The first-order chi connectivity index (χ1) is 9.65. The molecule has 0 heterocycles. The third-order valence-electron chi connectivity index (χ3n) is 3.00. The summed E-state index contributed by atoms with van der Waals surface area (Å²) in [6.45, 7) is 2.54. The van der Waals surface area contributed by atoms with Gasteiger partial charge < -0.3 is 16.4 Å². The number of urea groups is 1. The first-order valence-corrected chi connectivity index (χ1v) is 6.60. The quantitative estimate of drug-likeness (QED) is 0.747. The third kappa shape index (κ3) is 4.02. The standard InChI is InChI=1S/C16H19N3O/c1-12-7-8-14(17)15(11-12)19-16(20)18-10-9-13-5-3-2-4-6-13/h2-8,11H,9-10,17H2,1H3,(H2,18,19,20). The number of aryl methyl sites for hydroxylation is 1. The van der Waals surface area contributed by atoms with Gasteiger partial charge in [-0.15, -0.1) is 0 Å². The number of nitrogen functional groups attached to an aromatic ring is 1. The Kier molecular flexibility index (Phi) is 4.60. The molecule has 0 aromatic heterocycles. The molecule has 0 atom stereocenters. The molecule has 4 heteroatoms. The summed E-state index contributed by atoms with van der Waals surface area (Å²) in [5.41, 5.74) is 9.27. The molecule has 0 aliphatic carbocycles. The Bertz CT molecular complexity index is 582. The fourth-order valence-corrected chi connectivity index (χ4v) is 1.91. The van der Waals surface area contributed by atoms with E-state index in [0.29, 0.717) is 17.9 Å². The summed E-state index contributed by atoms with van der Waals surface area (Å²) in [4.78, 5) is 11.8. The summed E-state index contributed by atoms with van der Waals surface area (Å²) in [6, 6.07) is 15.3. The molecule has 4 nitrogen and oxygen atoms in total. The number of nitrogens with one attached hydrogen (secondary N) is 2. The number of rotatable bonds is 4. The molecule has 0 unspecified atom stereocenters. The number of hydrogen-bond donors (Lipinski definition) is 3. The second kappa shape index (κ2) is 6.61. The summed E-state index contributed by atoms with van der Waals surface area (Å²) in [5.74, 6) is 0. The molecular weight excluding hydrogens is 250 g/mol. The van der Waals surface area contributed by atoms with Crippen LogP contribution in [0.1, 0.15) is 11.1 Å². The molecule has 0 saturated carbocycles. The molecule has 0 spiro atoms. The third-order valence-corrected chi connectivity index (χ3v) is 3.00. The molecule has 0 fully saturated rings. The van der Waals surface area contributed by atoms with Gasteiger partial charge in [0.15, 0.2) is 0 Å². The number of benzene rings is 2. The van der Waals surface area contributed by atoms with Crippen molar-refractivity contribution in [3.8, 4) is 0 Å². The van der Waals surface area contributed by atoms with E-state index >= 15 is 0 Å². The normalized spacial score (nSPS) is 10.1. The van der Waals surface area contributed by atoms with E-state index < -0.39 is 0 Å². The highest BCUT2D eigenvalue weighted by Gasteiger charge is 2.04. The Labute approximate surface area is 119 Å². The van der Waals surface area contributed by atoms with Gasteiger partial charge in [0.25, 0.3) is 0 Å². The predicted octanol–water partition coefficient (Wildman–Crippen LogP) is 2.94. The highest BCUT2D eigenvalue weighted by molar-refractivity contribution is 5.92. The molecule has 104 valence electrons. The molecular formula is C16H19N3O. The second-order valence-electron chi connectivity index (χ2n) is 4.71. The molecule has 0 aliphatic heterocycles. The van der Waals surface area contributed by atoms with Crippen LogP contribution in [0.4, 0.5) is 16.2 Å². The Morgan fingerprint density at radius 1 is 1.15 bits per heavy atom. The van der Waals surface area contributed by atoms with Gasteiger partial charge in [0.05, 0.1) is 11.4 Å². The van der Waals surface area contributed by atoms with E-state index in [4.69, 9.17) is 5.73 Å². The van der Waals surface area contributed by atoms with Crippen molar-refractivity contribution in [1.82, 2.24) is 5.32 Å². The monoisotopic (exact) mass is 269 g/mol. The number of carbonyl (C=O) groups is 1. The van der Waals surface area contributed by atoms with Crippen LogP contribution in [0.15, 0.2) is 48.5 Å². The fraction of sp³-hybridized carbons (Fsp3) is 0.188. The lowest BCUT2D eigenvalue weighted by Gasteiger charge is -2.10. The van der Waals surface area contributed by atoms with Crippen molar-refractivity contribution >= 4 is 17.4 Å². The van der Waals surface area contributed by atoms with Gasteiger partial charge in [-0.1, -0.05) is 36.4 Å². The molecule has 0 bridgehead atoms. The highest BCUT2D eigenvalue weighted by atomic mass is 16.2. The van der Waals surface area contributed by atoms with E-state index in [2.05, 4.69) is 10.6 Å². The minimum absolute atomic E-state index is 0.238. The Morgan fingerprint density at radius 2 is 1.90 bits per heavy atom. The second-order valence-corrected chi connectivity index (χ2v) is 4.71. The highest BCUT2D eigenvalue weighted by Crippen LogP contribution is 2.19. The zero-order chi connectivity index (χ0) is 14.4. The van der Waals surface area contributed by atoms with E-state index in [0.717, 1.165) is 12.0 Å². The fourth-order valence-electron chi connectivity index (χ4n) is 1.91. The first kappa shape index (κ1) is 13.9. The van der Waals surface area contributed by atoms with Crippen LogP contribution in [0.25, 0.3) is 0 Å². The van der Waals surface area contributed by atoms with E-state index in [1.807, 2.05) is 49.4 Å². The van der Waals surface area contributed by atoms with Gasteiger partial charge in [0.2, 0.25) is 0 Å². The van der Waals surface area contributed by atoms with Gasteiger partial charge >= 0.3 is 6.03 Å². The number of anilines is 2. The molecule has 4 N–H and O–H groups in total. The molecule has 2 aromatic rings. The Morgan fingerprint density at radius 3 is 2.65 bits per heavy atom. The lowest BCUT2D eigenvalue weighted by molar-refractivity contribution is 0.252. The summed E-state index contributed by atoms with van der Waals surface area (Å²) in [6.07, 6.45) is 0.803. The molecule has 0 aliphatic rings. The molecule has 2 aromatic carbocycles. The van der Waals surface area contributed by atoms with Crippen LogP contribution in [0.3, 0.4) is 0 Å². The lowest BCUT2D eigenvalue weighted by atomic mass is 10.1. The van der Waals surface area contributed by atoms with Crippen LogP contribution < -0.4 is 16.4 Å². The topological polar surface area (TPSA) is 67.1 Å². The van der Waals surface area contributed by atoms with Gasteiger partial charge in [-0.2, -0.15) is 0 Å². The van der Waals surface area contributed by atoms with Crippen LogP contribution in [-0.4, -0.2) is 12.6 Å². The molecule has 0 saturated heterocycles. The smallest absolute Gasteiger partial charge is 0.319 e. The minimum atomic E-state index is -0.238. The van der Waals surface area contributed by atoms with Crippen LogP contribution in [0.2, 0.25) is 0 Å². The number of carbonyl (C=O) groups excluding carboxylic acids is 1. The Balaban J connectivity index is 1.82. The van der Waals surface area contributed by atoms with Crippen molar-refractivity contribution in [3.05, 3.63) is 59.7 Å². The average molecular weight is 269 g/mol. The van der Waals surface area contributed by atoms with Gasteiger partial charge in [-0.05, 0) is 36.6 Å². The largest absolute Gasteiger partial charge is 0.397 e. The van der Waals surface area contributed by atoms with Gasteiger partial charge in [-0.3, -0.25) is 0 Å². The average Bonchev–Trinajstić information content (AvgIpc) is 2.44. The molecule has 2 amide bonds. The van der Waals surface area contributed by atoms with Gasteiger partial charge in [0.1, 0.15) is 0 Å². The number of hydrogen-bond acceptors (Lipinski definition) is 2. The summed E-state index contributed by atoms with van der Waals surface area (Å²) in [7, 11) is 0. The van der Waals surface area contributed by atoms with E-state index in [-0.39, 0.29) is 6.03 Å². The number of nitrogens with two attached hydrogens (primary N) is 1. The minimum Gasteiger partial charge on any atom is -0.397 e. The van der Waals surface area contributed by atoms with E-state index in [9.17, 15) is 4.79 Å². The number of amides is 2. The molecule has 20 heavy (non-hydrogen) atoms. The maximum atomic E-state index is 11.8. The van der Waals surface area contributed by atoms with Gasteiger partial charge in [0, 0.05) is 6.54 Å². The summed E-state index contributed by atoms with van der Waals surface area (Å²) in [5, 5.41) is 5.58. The molecule has 2 rings (SSSR count). The van der Waals surface area contributed by atoms with Crippen molar-refractivity contribution in [2.45, 2.75) is 13.3 Å².